The molecule has 0 spiro atoms. The number of fused-ring (bicyclic) bond motifs is 1. The van der Waals surface area contributed by atoms with E-state index in [2.05, 4.69) is 51.2 Å². The van der Waals surface area contributed by atoms with Crippen LogP contribution >= 0.6 is 0 Å². The highest BCUT2D eigenvalue weighted by Gasteiger charge is 2.46. The molecule has 10 heteroatoms. The molecule has 1 saturated carbocycles. The molecular formula is C21H29N7O3. The molecule has 0 aromatic carbocycles. The molecule has 0 radical (unpaired) electrons. The van der Waals surface area contributed by atoms with E-state index in [1.165, 1.54) is 19.2 Å². The fourth-order valence-electron chi connectivity index (χ4n) is 4.42. The van der Waals surface area contributed by atoms with Crippen LogP contribution in [-0.4, -0.2) is 58.2 Å². The Labute approximate surface area is 180 Å². The molecular weight excluding hydrogens is 398 g/mol. The van der Waals surface area contributed by atoms with Crippen LogP contribution in [0.2, 0.25) is 0 Å². The van der Waals surface area contributed by atoms with Crippen LogP contribution in [0.1, 0.15) is 70.2 Å². The van der Waals surface area contributed by atoms with Gasteiger partial charge in [-0.25, -0.2) is 15.0 Å². The van der Waals surface area contributed by atoms with E-state index in [4.69, 9.17) is 4.74 Å². The Morgan fingerprint density at radius 1 is 1.13 bits per heavy atom. The largest absolute Gasteiger partial charge is 0.387 e. The predicted octanol–water partition coefficient (Wildman–Crippen LogP) is 2.19. The maximum absolute atomic E-state index is 10.8. The molecule has 3 aromatic heterocycles. The Morgan fingerprint density at radius 2 is 1.90 bits per heavy atom. The van der Waals surface area contributed by atoms with Crippen molar-refractivity contribution in [2.75, 3.05) is 5.32 Å². The summed E-state index contributed by atoms with van der Waals surface area (Å²) in [7, 11) is 0. The summed E-state index contributed by atoms with van der Waals surface area (Å²) in [6.07, 6.45) is 3.89. The summed E-state index contributed by atoms with van der Waals surface area (Å²) >= 11 is 0. The lowest BCUT2D eigenvalue weighted by molar-refractivity contribution is -0.0370. The number of rotatable bonds is 4. The van der Waals surface area contributed by atoms with Crippen molar-refractivity contribution in [1.29, 1.82) is 0 Å². The van der Waals surface area contributed by atoms with Crippen LogP contribution in [0.15, 0.2) is 18.7 Å². The van der Waals surface area contributed by atoms with Gasteiger partial charge >= 0.3 is 0 Å². The minimum atomic E-state index is -1.15. The van der Waals surface area contributed by atoms with Gasteiger partial charge in [-0.3, -0.25) is 9.67 Å². The molecule has 3 aromatic rings. The number of anilines is 1. The van der Waals surface area contributed by atoms with Gasteiger partial charge in [0.2, 0.25) is 0 Å². The maximum Gasteiger partial charge on any atom is 0.167 e. The lowest BCUT2D eigenvalue weighted by Gasteiger charge is -2.17. The monoisotopic (exact) mass is 427 g/mol. The number of imidazole rings is 1. The number of aliphatic hydroxyl groups excluding tert-OH is 2. The standard InChI is InChI=1S/C21H29N7O3/c1-21(2,3)13-8-12(26-27-13)17-15(29)16(30)20(31-17)28-10-24-14-18(22-9-23-19(14)28)25-11-6-4-5-7-11/h8-11,15-17,20,29-30H,4-7H2,1-3H3,(H,26,27)(H,22,23,25)/t15-,16+,17-,20-/m1/s1. The van der Waals surface area contributed by atoms with E-state index >= 15 is 0 Å². The summed E-state index contributed by atoms with van der Waals surface area (Å²) in [5.74, 6) is 0.684. The molecule has 2 aliphatic rings. The first kappa shape index (κ1) is 20.3. The number of aliphatic hydroxyl groups is 2. The lowest BCUT2D eigenvalue weighted by atomic mass is 9.92. The average molecular weight is 428 g/mol. The third kappa shape index (κ3) is 3.58. The fraction of sp³-hybridized carbons (Fsp3) is 0.619. The summed E-state index contributed by atoms with van der Waals surface area (Å²) in [4.78, 5) is 13.2. The molecule has 5 rings (SSSR count). The van der Waals surface area contributed by atoms with Crippen molar-refractivity contribution in [2.24, 2.45) is 0 Å². The molecule has 10 nitrogen and oxygen atoms in total. The zero-order valence-corrected chi connectivity index (χ0v) is 18.0. The molecule has 4 N–H and O–H groups in total. The zero-order chi connectivity index (χ0) is 21.8. The number of hydrogen-bond donors (Lipinski definition) is 4. The van der Waals surface area contributed by atoms with Crippen molar-refractivity contribution >= 4 is 17.0 Å². The average Bonchev–Trinajstić information content (AvgIpc) is 3.50. The van der Waals surface area contributed by atoms with E-state index in [1.807, 2.05) is 6.07 Å². The predicted molar refractivity (Wildman–Crippen MR) is 113 cm³/mol. The number of aromatic nitrogens is 6. The Kier molecular flexibility index (Phi) is 4.95. The van der Waals surface area contributed by atoms with E-state index in [0.717, 1.165) is 18.5 Å². The topological polar surface area (TPSA) is 134 Å². The molecule has 0 amide bonds. The van der Waals surface area contributed by atoms with E-state index < -0.39 is 24.5 Å². The molecule has 0 bridgehead atoms. The molecule has 0 unspecified atom stereocenters. The van der Waals surface area contributed by atoms with Crippen LogP contribution in [0.4, 0.5) is 5.82 Å². The molecule has 1 aliphatic heterocycles. The molecule has 4 atom stereocenters. The molecule has 2 fully saturated rings. The number of ether oxygens (including phenoxy) is 1. The quantitative estimate of drug-likeness (QED) is 0.498. The van der Waals surface area contributed by atoms with Gasteiger partial charge in [-0.1, -0.05) is 33.6 Å². The zero-order valence-electron chi connectivity index (χ0n) is 18.0. The van der Waals surface area contributed by atoms with Gasteiger partial charge in [0, 0.05) is 11.5 Å². The first-order chi connectivity index (χ1) is 14.8. The summed E-state index contributed by atoms with van der Waals surface area (Å²) in [6, 6.07) is 2.26. The van der Waals surface area contributed by atoms with Crippen LogP contribution in [-0.2, 0) is 10.2 Å². The number of nitrogens with one attached hydrogen (secondary N) is 2. The van der Waals surface area contributed by atoms with Gasteiger partial charge in [0.1, 0.15) is 24.6 Å². The van der Waals surface area contributed by atoms with Crippen molar-refractivity contribution < 1.29 is 14.9 Å². The second-order valence-electron chi connectivity index (χ2n) is 9.56. The van der Waals surface area contributed by atoms with Crippen LogP contribution in [0.25, 0.3) is 11.2 Å². The molecule has 31 heavy (non-hydrogen) atoms. The van der Waals surface area contributed by atoms with E-state index in [9.17, 15) is 10.2 Å². The second kappa shape index (κ2) is 7.54. The Bertz CT molecular complexity index is 1070. The van der Waals surface area contributed by atoms with Crippen LogP contribution < -0.4 is 5.32 Å². The third-order valence-electron chi connectivity index (χ3n) is 6.24. The number of H-pyrrole nitrogens is 1. The van der Waals surface area contributed by atoms with Crippen molar-refractivity contribution in [3.05, 3.63) is 30.1 Å². The van der Waals surface area contributed by atoms with Gasteiger partial charge in [0.25, 0.3) is 0 Å². The third-order valence-corrected chi connectivity index (χ3v) is 6.24. The molecule has 1 saturated heterocycles. The van der Waals surface area contributed by atoms with Crippen LogP contribution in [0.3, 0.4) is 0 Å². The summed E-state index contributed by atoms with van der Waals surface area (Å²) in [6.45, 7) is 6.18. The van der Waals surface area contributed by atoms with Crippen LogP contribution in [0.5, 0.6) is 0 Å². The van der Waals surface area contributed by atoms with Gasteiger partial charge in [-0.15, -0.1) is 0 Å². The Hall–Kier alpha value is -2.56. The van der Waals surface area contributed by atoms with E-state index in [-0.39, 0.29) is 5.41 Å². The minimum absolute atomic E-state index is 0.142. The van der Waals surface area contributed by atoms with E-state index in [1.54, 1.807) is 10.9 Å². The number of aromatic amines is 1. The van der Waals surface area contributed by atoms with Crippen molar-refractivity contribution in [3.8, 4) is 0 Å². The van der Waals surface area contributed by atoms with Gasteiger partial charge in [0.05, 0.1) is 17.7 Å². The first-order valence-electron chi connectivity index (χ1n) is 10.8. The highest BCUT2D eigenvalue weighted by atomic mass is 16.6. The summed E-state index contributed by atoms with van der Waals surface area (Å²) < 4.78 is 7.75. The smallest absolute Gasteiger partial charge is 0.167 e. The highest BCUT2D eigenvalue weighted by molar-refractivity contribution is 5.82. The first-order valence-corrected chi connectivity index (χ1v) is 10.8. The Morgan fingerprint density at radius 3 is 2.61 bits per heavy atom. The van der Waals surface area contributed by atoms with Gasteiger partial charge in [-0.05, 0) is 18.9 Å². The van der Waals surface area contributed by atoms with Crippen molar-refractivity contribution in [1.82, 2.24) is 29.7 Å². The fourth-order valence-corrected chi connectivity index (χ4v) is 4.42. The molecule has 4 heterocycles. The molecule has 166 valence electrons. The normalized spacial score (nSPS) is 27.4. The maximum atomic E-state index is 10.8. The van der Waals surface area contributed by atoms with Crippen molar-refractivity contribution in [3.63, 3.8) is 0 Å². The molecule has 1 aliphatic carbocycles. The lowest BCUT2D eigenvalue weighted by Crippen LogP contribution is -2.29. The summed E-state index contributed by atoms with van der Waals surface area (Å²) in [5, 5.41) is 32.2. The SMILES string of the molecule is CC(C)(C)c1cc([C@H]2O[C@@H](n3cnc4c(NC5CCCC5)ncnc43)[C@@H](O)[C@H]2O)[nH]n1. The minimum Gasteiger partial charge on any atom is -0.387 e. The van der Waals surface area contributed by atoms with Gasteiger partial charge in [-0.2, -0.15) is 5.10 Å². The van der Waals surface area contributed by atoms with Gasteiger partial charge < -0.3 is 20.3 Å². The van der Waals surface area contributed by atoms with Gasteiger partial charge in [0.15, 0.2) is 23.2 Å². The Balaban J connectivity index is 1.43. The summed E-state index contributed by atoms with van der Waals surface area (Å²) in [5.41, 5.74) is 2.52. The second-order valence-corrected chi connectivity index (χ2v) is 9.56. The number of nitrogens with zero attached hydrogens (tertiary/aromatic N) is 5. The van der Waals surface area contributed by atoms with Crippen molar-refractivity contribution in [2.45, 2.75) is 82.5 Å². The highest BCUT2D eigenvalue weighted by Crippen LogP contribution is 2.40. The van der Waals surface area contributed by atoms with Crippen LogP contribution in [0, 0.1) is 0 Å². The number of hydrogen-bond acceptors (Lipinski definition) is 8. The van der Waals surface area contributed by atoms with E-state index in [0.29, 0.717) is 28.7 Å².